The summed E-state index contributed by atoms with van der Waals surface area (Å²) in [6, 6.07) is 5.86. The molecule has 0 fully saturated rings. The number of hydrazine groups is 1. The van der Waals surface area contributed by atoms with Gasteiger partial charge in [-0.2, -0.15) is 0 Å². The number of sulfone groups is 1. The fourth-order valence-electron chi connectivity index (χ4n) is 1.21. The van der Waals surface area contributed by atoms with Crippen molar-refractivity contribution in [1.82, 2.24) is 10.7 Å². The van der Waals surface area contributed by atoms with E-state index in [1.54, 1.807) is 19.1 Å². The molecule has 0 spiro atoms. The van der Waals surface area contributed by atoms with Crippen LogP contribution in [0, 0.1) is 0 Å². The van der Waals surface area contributed by atoms with Gasteiger partial charge in [-0.25, -0.2) is 19.1 Å². The van der Waals surface area contributed by atoms with Gasteiger partial charge in [-0.05, 0) is 17.7 Å². The van der Waals surface area contributed by atoms with E-state index in [1.165, 1.54) is 12.1 Å². The Morgan fingerprint density at radius 3 is 2.35 bits per heavy atom. The normalized spacial score (nSPS) is 10.9. The molecule has 1 aromatic rings. The van der Waals surface area contributed by atoms with Crippen LogP contribution in [0.3, 0.4) is 0 Å². The molecule has 0 atom stereocenters. The summed E-state index contributed by atoms with van der Waals surface area (Å²) in [5.74, 6) is 4.96. The molecule has 0 aliphatic rings. The standard InChI is InChI=1S/C10H15N3O3S/c1-2-17(15,16)9-5-3-8(4-6-9)7-12-10(14)13-11/h3-6H,2,7,11H2,1H3,(H2,12,13,14). The predicted molar refractivity (Wildman–Crippen MR) is 63.7 cm³/mol. The molecule has 0 aliphatic heterocycles. The average molecular weight is 257 g/mol. The number of hydrogen-bond donors (Lipinski definition) is 3. The van der Waals surface area contributed by atoms with Gasteiger partial charge in [0, 0.05) is 6.54 Å². The zero-order chi connectivity index (χ0) is 12.9. The summed E-state index contributed by atoms with van der Waals surface area (Å²) in [7, 11) is -3.17. The van der Waals surface area contributed by atoms with Gasteiger partial charge in [-0.1, -0.05) is 19.1 Å². The smallest absolute Gasteiger partial charge is 0.329 e. The lowest BCUT2D eigenvalue weighted by molar-refractivity contribution is 0.241. The van der Waals surface area contributed by atoms with Gasteiger partial charge in [0.05, 0.1) is 10.6 Å². The average Bonchev–Trinajstić information content (AvgIpc) is 2.36. The van der Waals surface area contributed by atoms with Gasteiger partial charge in [0.25, 0.3) is 0 Å². The second kappa shape index (κ2) is 5.65. The van der Waals surface area contributed by atoms with Gasteiger partial charge in [0.1, 0.15) is 0 Å². The number of amides is 2. The Morgan fingerprint density at radius 1 is 1.29 bits per heavy atom. The largest absolute Gasteiger partial charge is 0.333 e. The van der Waals surface area contributed by atoms with Gasteiger partial charge >= 0.3 is 6.03 Å². The highest BCUT2D eigenvalue weighted by Gasteiger charge is 2.10. The number of nitrogens with two attached hydrogens (primary N) is 1. The lowest BCUT2D eigenvalue weighted by atomic mass is 10.2. The van der Waals surface area contributed by atoms with E-state index in [0.29, 0.717) is 0 Å². The van der Waals surface area contributed by atoms with E-state index in [4.69, 9.17) is 5.84 Å². The molecule has 17 heavy (non-hydrogen) atoms. The predicted octanol–water partition coefficient (Wildman–Crippen LogP) is 0.153. The molecule has 1 aromatic carbocycles. The summed E-state index contributed by atoms with van der Waals surface area (Å²) in [4.78, 5) is 11.1. The monoisotopic (exact) mass is 257 g/mol. The number of hydrogen-bond acceptors (Lipinski definition) is 4. The molecular formula is C10H15N3O3S. The van der Waals surface area contributed by atoms with Crippen molar-refractivity contribution in [3.8, 4) is 0 Å². The van der Waals surface area contributed by atoms with Crippen LogP contribution in [0.2, 0.25) is 0 Å². The van der Waals surface area contributed by atoms with Crippen LogP contribution in [0.1, 0.15) is 12.5 Å². The van der Waals surface area contributed by atoms with E-state index >= 15 is 0 Å². The first-order chi connectivity index (χ1) is 7.99. The summed E-state index contributed by atoms with van der Waals surface area (Å²) < 4.78 is 23.1. The van der Waals surface area contributed by atoms with Gasteiger partial charge in [0.15, 0.2) is 9.84 Å². The van der Waals surface area contributed by atoms with Crippen LogP contribution < -0.4 is 16.6 Å². The molecule has 6 nitrogen and oxygen atoms in total. The number of rotatable bonds is 4. The van der Waals surface area contributed by atoms with Crippen molar-refractivity contribution in [1.29, 1.82) is 0 Å². The van der Waals surface area contributed by atoms with Crippen molar-refractivity contribution in [3.05, 3.63) is 29.8 Å². The van der Waals surface area contributed by atoms with E-state index in [-0.39, 0.29) is 17.2 Å². The highest BCUT2D eigenvalue weighted by atomic mass is 32.2. The number of benzene rings is 1. The third-order valence-corrected chi connectivity index (χ3v) is 4.00. The molecule has 0 heterocycles. The van der Waals surface area contributed by atoms with Crippen molar-refractivity contribution in [2.45, 2.75) is 18.4 Å². The molecule has 0 aliphatic carbocycles. The lowest BCUT2D eigenvalue weighted by Gasteiger charge is -2.05. The Hall–Kier alpha value is -1.60. The Labute approximate surface area is 100 Å². The first-order valence-electron chi connectivity index (χ1n) is 5.05. The minimum absolute atomic E-state index is 0.0696. The highest BCUT2D eigenvalue weighted by molar-refractivity contribution is 7.91. The number of urea groups is 1. The highest BCUT2D eigenvalue weighted by Crippen LogP contribution is 2.12. The van der Waals surface area contributed by atoms with Crippen LogP contribution in [-0.2, 0) is 16.4 Å². The molecule has 0 radical (unpaired) electrons. The van der Waals surface area contributed by atoms with E-state index in [0.717, 1.165) is 5.56 Å². The van der Waals surface area contributed by atoms with Crippen molar-refractivity contribution >= 4 is 15.9 Å². The Bertz CT molecular complexity index is 482. The van der Waals surface area contributed by atoms with Crippen molar-refractivity contribution in [3.63, 3.8) is 0 Å². The molecule has 0 unspecified atom stereocenters. The minimum Gasteiger partial charge on any atom is -0.333 e. The molecule has 0 saturated carbocycles. The molecular weight excluding hydrogens is 242 g/mol. The Balaban J connectivity index is 2.72. The third kappa shape index (κ3) is 3.72. The van der Waals surface area contributed by atoms with Gasteiger partial charge in [-0.3, -0.25) is 5.43 Å². The summed E-state index contributed by atoms with van der Waals surface area (Å²) in [6.45, 7) is 1.88. The zero-order valence-corrected chi connectivity index (χ0v) is 10.3. The Morgan fingerprint density at radius 2 is 1.88 bits per heavy atom. The second-order valence-electron chi connectivity index (χ2n) is 3.37. The molecule has 4 N–H and O–H groups in total. The van der Waals surface area contributed by atoms with Crippen LogP contribution in [0.5, 0.6) is 0 Å². The van der Waals surface area contributed by atoms with Crippen molar-refractivity contribution < 1.29 is 13.2 Å². The van der Waals surface area contributed by atoms with Crippen LogP contribution in [0.4, 0.5) is 4.79 Å². The van der Waals surface area contributed by atoms with Crippen molar-refractivity contribution in [2.75, 3.05) is 5.75 Å². The maximum Gasteiger partial charge on any atom is 0.329 e. The number of nitrogens with one attached hydrogen (secondary N) is 2. The minimum atomic E-state index is -3.17. The quantitative estimate of drug-likeness (QED) is 0.406. The molecule has 94 valence electrons. The van der Waals surface area contributed by atoms with Crippen LogP contribution >= 0.6 is 0 Å². The van der Waals surface area contributed by atoms with E-state index in [2.05, 4.69) is 5.32 Å². The summed E-state index contributed by atoms with van der Waals surface area (Å²) in [5, 5.41) is 2.50. The third-order valence-electron chi connectivity index (χ3n) is 2.25. The molecule has 0 aromatic heterocycles. The Kier molecular flexibility index (Phi) is 4.47. The fourth-order valence-corrected chi connectivity index (χ4v) is 2.10. The van der Waals surface area contributed by atoms with Crippen LogP contribution in [0.15, 0.2) is 29.2 Å². The van der Waals surface area contributed by atoms with E-state index < -0.39 is 15.9 Å². The van der Waals surface area contributed by atoms with Gasteiger partial charge in [0.2, 0.25) is 0 Å². The summed E-state index contributed by atoms with van der Waals surface area (Å²) in [5.41, 5.74) is 2.73. The van der Waals surface area contributed by atoms with Crippen molar-refractivity contribution in [2.24, 2.45) is 5.84 Å². The first-order valence-corrected chi connectivity index (χ1v) is 6.71. The maximum atomic E-state index is 11.5. The van der Waals surface area contributed by atoms with Crippen LogP contribution in [-0.4, -0.2) is 20.2 Å². The topological polar surface area (TPSA) is 101 Å². The van der Waals surface area contributed by atoms with Gasteiger partial charge < -0.3 is 5.32 Å². The first kappa shape index (κ1) is 13.5. The molecule has 2 amide bonds. The second-order valence-corrected chi connectivity index (χ2v) is 5.65. The molecule has 0 bridgehead atoms. The maximum absolute atomic E-state index is 11.5. The zero-order valence-electron chi connectivity index (χ0n) is 9.43. The molecule has 0 saturated heterocycles. The van der Waals surface area contributed by atoms with Crippen LogP contribution in [0.25, 0.3) is 0 Å². The summed E-state index contributed by atoms with van der Waals surface area (Å²) in [6.07, 6.45) is 0. The van der Waals surface area contributed by atoms with Gasteiger partial charge in [-0.15, -0.1) is 0 Å². The number of carbonyl (C=O) groups excluding carboxylic acids is 1. The number of carbonyl (C=O) groups is 1. The van der Waals surface area contributed by atoms with E-state index in [9.17, 15) is 13.2 Å². The van der Waals surface area contributed by atoms with E-state index in [1.807, 2.05) is 5.43 Å². The SMILES string of the molecule is CCS(=O)(=O)c1ccc(CNC(=O)NN)cc1. The fraction of sp³-hybridized carbons (Fsp3) is 0.300. The lowest BCUT2D eigenvalue weighted by Crippen LogP contribution is -2.39. The molecule has 1 rings (SSSR count). The molecule has 7 heteroatoms. The summed E-state index contributed by atoms with van der Waals surface area (Å²) >= 11 is 0.